The number of alkyl halides is 1. The first-order valence-electron chi connectivity index (χ1n) is 14.1. The minimum atomic E-state index is -0.852. The van der Waals surface area contributed by atoms with Gasteiger partial charge in [0, 0.05) is 33.2 Å². The molecule has 0 aromatic heterocycles. The predicted molar refractivity (Wildman–Crippen MR) is 166 cm³/mol. The Kier molecular flexibility index (Phi) is 22.2. The Morgan fingerprint density at radius 1 is 0.809 bits per heavy atom. The van der Waals surface area contributed by atoms with Crippen molar-refractivity contribution in [3.63, 3.8) is 0 Å². The third-order valence-corrected chi connectivity index (χ3v) is 6.96. The van der Waals surface area contributed by atoms with Crippen LogP contribution in [0.2, 0.25) is 0 Å². The summed E-state index contributed by atoms with van der Waals surface area (Å²) in [6.45, 7) is 12.3. The molecule has 4 saturated heterocycles. The fourth-order valence-corrected chi connectivity index (χ4v) is 4.77. The number of imide groups is 2. The molecule has 4 heterocycles. The topological polar surface area (TPSA) is 216 Å². The molecule has 4 aliphatic heterocycles. The molecule has 2 spiro atoms. The Morgan fingerprint density at radius 2 is 1.17 bits per heavy atom. The van der Waals surface area contributed by atoms with Crippen LogP contribution in [0.4, 0.5) is 19.2 Å². The van der Waals surface area contributed by atoms with Gasteiger partial charge in [0.25, 0.3) is 18.3 Å². The first-order valence-corrected chi connectivity index (χ1v) is 16.2. The summed E-state index contributed by atoms with van der Waals surface area (Å²) >= 11 is 2.15. The fourth-order valence-electron chi connectivity index (χ4n) is 4.77. The van der Waals surface area contributed by atoms with E-state index in [1.54, 1.807) is 30.6 Å². The van der Waals surface area contributed by atoms with Gasteiger partial charge in [-0.25, -0.2) is 19.2 Å². The van der Waals surface area contributed by atoms with Crippen LogP contribution in [0.1, 0.15) is 68.7 Å². The molecule has 0 unspecified atom stereocenters. The van der Waals surface area contributed by atoms with Crippen LogP contribution in [0.5, 0.6) is 0 Å². The molecule has 3 N–H and O–H groups in total. The van der Waals surface area contributed by atoms with Gasteiger partial charge in [0.2, 0.25) is 0 Å². The number of hydrogen-bond donors (Lipinski definition) is 3. The molecular weight excluding hydrogens is 789 g/mol. The molecule has 17 nitrogen and oxygen atoms in total. The van der Waals surface area contributed by atoms with Gasteiger partial charge in [-0.05, 0) is 72.2 Å². The van der Waals surface area contributed by atoms with E-state index in [4.69, 9.17) is 19.5 Å². The van der Waals surface area contributed by atoms with Crippen LogP contribution in [0.15, 0.2) is 0 Å². The van der Waals surface area contributed by atoms with Crippen LogP contribution in [-0.2, 0) is 28.7 Å². The number of carbonyl (C=O) groups is 7. The Morgan fingerprint density at radius 3 is 1.43 bits per heavy atom. The number of piperidine rings is 2. The first-order chi connectivity index (χ1) is 20.8. The number of hydrogen-bond acceptors (Lipinski definition) is 11. The number of amides is 8. The summed E-state index contributed by atoms with van der Waals surface area (Å²) in [6, 6.07) is -0.837. The van der Waals surface area contributed by atoms with Gasteiger partial charge in [-0.3, -0.25) is 24.6 Å². The largest absolute Gasteiger partial charge is 1.00 e. The second-order valence-electron chi connectivity index (χ2n) is 12.5. The van der Waals surface area contributed by atoms with Crippen LogP contribution in [0, 0.1) is 0 Å². The Hall–Kier alpha value is -0.147. The smallest absolute Gasteiger partial charge is 1.00 e. The minimum absolute atomic E-state index is 0. The Bertz CT molecular complexity index is 1120. The first kappa shape index (κ1) is 49.0. The summed E-state index contributed by atoms with van der Waals surface area (Å²) in [6.07, 6.45) is 0.889. The molecule has 20 heteroatoms. The molecule has 0 bridgehead atoms. The zero-order chi connectivity index (χ0) is 34.8. The standard InChI is InChI=1S/C13H21N3O4.C12H19N3O4.CH3I.CH2O3.2K.H/c1-12(2,3)20-11(19)16-7-5-13(6-8-16)9(17)15(4)10(18)14-13;1-11(2,3)19-10(18)15-6-4-12(5-7-15)8(16)13-9(17)14-12;1-2;2-1-4-3;;;/h5-8H2,1-4H3,(H,14,18);4-7H2,1-3H3,(H2,13,14,16,17);1H3;1,3H;;;/q;;;;2*+1;-1/p-1. The van der Waals surface area contributed by atoms with Crippen molar-refractivity contribution >= 4 is 65.1 Å². The number of nitrogens with zero attached hydrogens (tertiary/aromatic N) is 3. The van der Waals surface area contributed by atoms with Gasteiger partial charge in [0.05, 0.1) is 0 Å². The van der Waals surface area contributed by atoms with E-state index in [1.165, 1.54) is 7.05 Å². The molecule has 47 heavy (non-hydrogen) atoms. The van der Waals surface area contributed by atoms with E-state index in [0.717, 1.165) is 4.90 Å². The van der Waals surface area contributed by atoms with Crippen molar-refractivity contribution in [3.05, 3.63) is 0 Å². The summed E-state index contributed by atoms with van der Waals surface area (Å²) in [4.78, 5) is 87.9. The molecule has 8 amide bonds. The van der Waals surface area contributed by atoms with Crippen LogP contribution in [0.3, 0.4) is 0 Å². The van der Waals surface area contributed by atoms with Crippen molar-refractivity contribution in [2.75, 3.05) is 38.2 Å². The normalized spacial score (nSPS) is 19.0. The Labute approximate surface area is 375 Å². The SMILES string of the molecule is CC(C)(C)OC(=O)N1CCC2(CC1)NC(=O)NC2=O.CI.CN1C(=O)NC2(CCN(C(=O)OC(C)(C)C)CC2)C1=O.O=CO[O-].[H-].[K+].[K+]. The Balaban J connectivity index is -0.000000688. The third kappa shape index (κ3) is 14.9. The summed E-state index contributed by atoms with van der Waals surface area (Å²) in [5.41, 5.74) is -2.77. The predicted octanol–water partition coefficient (Wildman–Crippen LogP) is -4.86. The van der Waals surface area contributed by atoms with E-state index in [0.29, 0.717) is 51.9 Å². The molecule has 0 saturated carbocycles. The van der Waals surface area contributed by atoms with Gasteiger partial charge in [-0.2, -0.15) is 0 Å². The molecule has 258 valence electrons. The summed E-state index contributed by atoms with van der Waals surface area (Å²) < 4.78 is 10.6. The van der Waals surface area contributed by atoms with E-state index in [2.05, 4.69) is 43.4 Å². The van der Waals surface area contributed by atoms with Crippen molar-refractivity contribution in [2.45, 2.75) is 89.5 Å². The third-order valence-electron chi connectivity index (χ3n) is 6.96. The van der Waals surface area contributed by atoms with E-state index in [-0.39, 0.29) is 141 Å². The maximum absolute atomic E-state index is 12.1. The second-order valence-corrected chi connectivity index (χ2v) is 12.5. The van der Waals surface area contributed by atoms with Gasteiger partial charge in [-0.1, -0.05) is 22.6 Å². The van der Waals surface area contributed by atoms with Crippen molar-refractivity contribution in [1.29, 1.82) is 0 Å². The number of carbonyl (C=O) groups excluding carboxylic acids is 7. The number of ether oxygens (including phenoxy) is 2. The monoisotopic (exact) mass is 834 g/mol. The zero-order valence-corrected chi connectivity index (χ0v) is 37.3. The summed E-state index contributed by atoms with van der Waals surface area (Å²) in [5.74, 6) is -0.521. The molecule has 0 aromatic rings. The van der Waals surface area contributed by atoms with E-state index in [1.807, 2.05) is 25.7 Å². The van der Waals surface area contributed by atoms with Gasteiger partial charge in [-0.15, -0.1) is 0 Å². The number of likely N-dealkylation sites (N-methyl/N-ethyl adjacent to an activating group) is 1. The molecule has 4 rings (SSSR count). The molecule has 4 fully saturated rings. The van der Waals surface area contributed by atoms with E-state index < -0.39 is 28.3 Å². The molecule has 0 atom stereocenters. The van der Waals surface area contributed by atoms with Crippen LogP contribution in [-0.4, -0.2) is 118 Å². The molecule has 0 radical (unpaired) electrons. The van der Waals surface area contributed by atoms with Crippen molar-refractivity contribution < 1.29 is 157 Å². The van der Waals surface area contributed by atoms with Crippen molar-refractivity contribution in [2.24, 2.45) is 0 Å². The minimum Gasteiger partial charge on any atom is -1.00 e. The summed E-state index contributed by atoms with van der Waals surface area (Å²) in [5, 5.41) is 16.1. The summed E-state index contributed by atoms with van der Waals surface area (Å²) in [7, 11) is 1.46. The van der Waals surface area contributed by atoms with Crippen LogP contribution >= 0.6 is 22.6 Å². The average Bonchev–Trinajstić information content (AvgIpc) is 3.34. The van der Waals surface area contributed by atoms with Gasteiger partial charge < -0.3 is 41.5 Å². The van der Waals surface area contributed by atoms with Gasteiger partial charge >= 0.3 is 127 Å². The van der Waals surface area contributed by atoms with Gasteiger partial charge in [0.15, 0.2) is 0 Å². The number of rotatable bonds is 1. The average molecular weight is 835 g/mol. The quantitative estimate of drug-likeness (QED) is 0.0433. The van der Waals surface area contributed by atoms with E-state index in [9.17, 15) is 28.8 Å². The van der Waals surface area contributed by atoms with E-state index >= 15 is 0 Å². The second kappa shape index (κ2) is 21.3. The van der Waals surface area contributed by atoms with Crippen molar-refractivity contribution in [1.82, 2.24) is 30.7 Å². The maximum atomic E-state index is 12.1. The molecule has 0 aromatic carbocycles. The van der Waals surface area contributed by atoms with Crippen molar-refractivity contribution in [3.8, 4) is 0 Å². The molecule has 0 aliphatic carbocycles. The number of halogens is 1. The zero-order valence-electron chi connectivity index (χ0n) is 29.9. The van der Waals surface area contributed by atoms with Crippen LogP contribution < -0.4 is 124 Å². The van der Waals surface area contributed by atoms with Crippen LogP contribution in [0.25, 0.3) is 0 Å². The van der Waals surface area contributed by atoms with Gasteiger partial charge in [0.1, 0.15) is 22.3 Å². The molecular formula is C27H45IK2N6O11. The fraction of sp³-hybridized carbons (Fsp3) is 0.741. The number of urea groups is 2. The molecule has 4 aliphatic rings. The number of likely N-dealkylation sites (tertiary alicyclic amines) is 2. The number of nitrogens with one attached hydrogen (secondary N) is 3. The maximum Gasteiger partial charge on any atom is 1.00 e.